The molecule has 10 nitrogen and oxygen atoms in total. The Morgan fingerprint density at radius 1 is 0.839 bits per heavy atom. The molecule has 3 aliphatic carbocycles. The number of hydrogen-bond donors (Lipinski definition) is 1. The van der Waals surface area contributed by atoms with E-state index in [4.69, 9.17) is 0 Å². The van der Waals surface area contributed by atoms with Gasteiger partial charge in [0.25, 0.3) is 5.91 Å². The Balaban J connectivity index is 1.36. The van der Waals surface area contributed by atoms with Crippen molar-refractivity contribution >= 4 is 39.0 Å². The fourth-order valence-electron chi connectivity index (χ4n) is 10.8. The number of amides is 2. The van der Waals surface area contributed by atoms with Crippen LogP contribution in [0.3, 0.4) is 0 Å². The smallest absolute Gasteiger partial charge is 0.287 e. The number of sulfone groups is 1. The Hall–Kier alpha value is -2.14. The summed E-state index contributed by atoms with van der Waals surface area (Å²) in [5, 5.41) is 2.83. The molecular weight excluding hydrogens is 727 g/mol. The maximum atomic E-state index is 14.8. The summed E-state index contributed by atoms with van der Waals surface area (Å²) in [7, 11) is -3.57. The molecule has 2 amide bonds. The van der Waals surface area contributed by atoms with Crippen molar-refractivity contribution in [3.63, 3.8) is 0 Å². The number of Topliss-reactive ketones (excluding diaryl/α,β-unsaturated/α-hetero) is 3. The standard InChI is InChI=1S/C45H75N3O7S/c1-7-47(8-2)30-43(3,4)56(54,55)31-45(24-18-15-19-25-45)28-35(49)26-33-21-17-14-12-10-9-11-13-16-20-32(40(51)41(52)46-34-22-23-34)27-37(50)39-38-36(44(38,5)6)29-48(39)42(33)53/h32-34,36,38-39H,7-31H2,1-6H3,(H,46,52)/t32-,33-,36+,38+,39-/m1/s1. The van der Waals surface area contributed by atoms with Crippen molar-refractivity contribution in [3.05, 3.63) is 0 Å². The fraction of sp³-hybridized carbons (Fsp3) is 0.889. The fourth-order valence-corrected chi connectivity index (χ4v) is 12.7. The highest BCUT2D eigenvalue weighted by Crippen LogP contribution is 2.65. The predicted molar refractivity (Wildman–Crippen MR) is 221 cm³/mol. The molecule has 318 valence electrons. The summed E-state index contributed by atoms with van der Waals surface area (Å²) >= 11 is 0. The lowest BCUT2D eigenvalue weighted by Gasteiger charge is -2.40. The van der Waals surface area contributed by atoms with Crippen molar-refractivity contribution in [2.75, 3.05) is 31.9 Å². The molecule has 3 saturated carbocycles. The maximum absolute atomic E-state index is 14.8. The van der Waals surface area contributed by atoms with Crippen LogP contribution < -0.4 is 5.32 Å². The van der Waals surface area contributed by atoms with E-state index in [1.165, 1.54) is 0 Å². The Morgan fingerprint density at radius 2 is 1.41 bits per heavy atom. The third-order valence-corrected chi connectivity index (χ3v) is 17.6. The number of carbonyl (C=O) groups is 5. The summed E-state index contributed by atoms with van der Waals surface area (Å²) in [5.74, 6) is -2.57. The molecule has 5 atom stereocenters. The van der Waals surface area contributed by atoms with E-state index in [-0.39, 0.29) is 65.8 Å². The van der Waals surface area contributed by atoms with Crippen molar-refractivity contribution in [2.45, 2.75) is 187 Å². The van der Waals surface area contributed by atoms with Gasteiger partial charge in [-0.25, -0.2) is 8.42 Å². The van der Waals surface area contributed by atoms with Crippen molar-refractivity contribution < 1.29 is 32.4 Å². The molecule has 0 unspecified atom stereocenters. The Kier molecular flexibility index (Phi) is 15.1. The normalized spacial score (nSPS) is 29.3. The van der Waals surface area contributed by atoms with Gasteiger partial charge in [-0.3, -0.25) is 24.0 Å². The summed E-state index contributed by atoms with van der Waals surface area (Å²) in [6.45, 7) is 14.5. The number of hydrogen-bond acceptors (Lipinski definition) is 8. The SMILES string of the molecule is CCN(CC)CC(C)(C)S(=O)(=O)CC1(CC(=O)C[C@H]2CCCCCCCCCC[C@@H](C(=O)C(=O)NC3CC3)CC(=O)[C@@H]3[C@@H]4[C@H](CN3C2=O)C4(C)C)CCCCC1. The molecule has 1 N–H and O–H groups in total. The molecule has 0 aromatic heterocycles. The van der Waals surface area contributed by atoms with Gasteiger partial charge in [0.2, 0.25) is 11.7 Å². The topological polar surface area (TPSA) is 138 Å². The number of piperidine rings is 1. The molecule has 0 bridgehead atoms. The first kappa shape index (κ1) is 45.0. The van der Waals surface area contributed by atoms with Crippen molar-refractivity contribution in [3.8, 4) is 0 Å². The molecule has 2 aliphatic heterocycles. The maximum Gasteiger partial charge on any atom is 0.287 e. The highest BCUT2D eigenvalue weighted by atomic mass is 32.2. The van der Waals surface area contributed by atoms with Gasteiger partial charge in [-0.2, -0.15) is 0 Å². The second-order valence-corrected chi connectivity index (χ2v) is 22.6. The molecular formula is C45H75N3O7S. The number of rotatable bonds is 14. The van der Waals surface area contributed by atoms with Gasteiger partial charge in [-0.05, 0) is 88.1 Å². The van der Waals surface area contributed by atoms with Gasteiger partial charge in [0.1, 0.15) is 5.78 Å². The average molecular weight is 802 g/mol. The van der Waals surface area contributed by atoms with Crippen LogP contribution in [-0.4, -0.2) is 96.1 Å². The third kappa shape index (κ3) is 10.9. The lowest BCUT2D eigenvalue weighted by Crippen LogP contribution is -2.49. The van der Waals surface area contributed by atoms with Gasteiger partial charge < -0.3 is 15.1 Å². The van der Waals surface area contributed by atoms with Crippen LogP contribution >= 0.6 is 0 Å². The van der Waals surface area contributed by atoms with Crippen LogP contribution in [0.1, 0.15) is 170 Å². The van der Waals surface area contributed by atoms with Gasteiger partial charge in [0.05, 0.1) is 16.5 Å². The van der Waals surface area contributed by atoms with Crippen LogP contribution in [0.15, 0.2) is 0 Å². The van der Waals surface area contributed by atoms with Crippen molar-refractivity contribution in [1.82, 2.24) is 15.1 Å². The third-order valence-electron chi connectivity index (χ3n) is 14.8. The molecule has 0 aromatic rings. The van der Waals surface area contributed by atoms with Crippen LogP contribution in [0.5, 0.6) is 0 Å². The van der Waals surface area contributed by atoms with Gasteiger partial charge in [-0.15, -0.1) is 0 Å². The van der Waals surface area contributed by atoms with Crippen LogP contribution in [0, 0.1) is 34.5 Å². The first-order valence-corrected chi connectivity index (χ1v) is 24.2. The second kappa shape index (κ2) is 18.8. The van der Waals surface area contributed by atoms with E-state index in [1.807, 2.05) is 27.7 Å². The molecule has 56 heavy (non-hydrogen) atoms. The molecule has 0 spiro atoms. The van der Waals surface area contributed by atoms with E-state index in [9.17, 15) is 32.4 Å². The summed E-state index contributed by atoms with van der Waals surface area (Å²) in [6.07, 6.45) is 14.9. The van der Waals surface area contributed by atoms with E-state index >= 15 is 0 Å². The number of ketones is 3. The number of nitrogens with zero attached hydrogens (tertiary/aromatic N) is 2. The Bertz CT molecular complexity index is 1530. The van der Waals surface area contributed by atoms with Crippen LogP contribution in [-0.2, 0) is 33.8 Å². The molecule has 0 radical (unpaired) electrons. The van der Waals surface area contributed by atoms with E-state index in [1.54, 1.807) is 4.90 Å². The lowest BCUT2D eigenvalue weighted by molar-refractivity contribution is -0.146. The molecule has 5 fully saturated rings. The minimum absolute atomic E-state index is 0.0103. The first-order valence-electron chi connectivity index (χ1n) is 22.6. The zero-order valence-corrected chi connectivity index (χ0v) is 36.6. The predicted octanol–water partition coefficient (Wildman–Crippen LogP) is 7.26. The van der Waals surface area contributed by atoms with Crippen LogP contribution in [0.4, 0.5) is 0 Å². The molecule has 5 rings (SSSR count). The average Bonchev–Trinajstić information content (AvgIpc) is 3.99. The largest absolute Gasteiger partial charge is 0.347 e. The number of nitrogens with one attached hydrogen (secondary N) is 1. The van der Waals surface area contributed by atoms with E-state index in [2.05, 4.69) is 24.1 Å². The van der Waals surface area contributed by atoms with Gasteiger partial charge in [0.15, 0.2) is 15.6 Å². The molecule has 11 heteroatoms. The Labute approximate surface area is 338 Å². The van der Waals surface area contributed by atoms with E-state index in [0.29, 0.717) is 38.8 Å². The number of carbonyl (C=O) groups excluding carboxylic acids is 5. The molecule has 5 aliphatic rings. The lowest BCUT2D eigenvalue weighted by atomic mass is 9.71. The van der Waals surface area contributed by atoms with Crippen LogP contribution in [0.25, 0.3) is 0 Å². The van der Waals surface area contributed by atoms with Crippen molar-refractivity contribution in [2.24, 2.45) is 34.5 Å². The van der Waals surface area contributed by atoms with E-state index < -0.39 is 49.6 Å². The zero-order valence-electron chi connectivity index (χ0n) is 35.8. The first-order chi connectivity index (χ1) is 26.4. The summed E-state index contributed by atoms with van der Waals surface area (Å²) < 4.78 is 27.4. The van der Waals surface area contributed by atoms with Gasteiger partial charge in [-0.1, -0.05) is 98.3 Å². The zero-order chi connectivity index (χ0) is 40.9. The van der Waals surface area contributed by atoms with Gasteiger partial charge >= 0.3 is 0 Å². The number of fused-ring (bicyclic) bond motifs is 3. The quantitative estimate of drug-likeness (QED) is 0.181. The highest BCUT2D eigenvalue weighted by Gasteiger charge is 2.69. The summed E-state index contributed by atoms with van der Waals surface area (Å²) in [4.78, 5) is 73.9. The van der Waals surface area contributed by atoms with Crippen molar-refractivity contribution in [1.29, 1.82) is 0 Å². The highest BCUT2D eigenvalue weighted by molar-refractivity contribution is 7.92. The summed E-state index contributed by atoms with van der Waals surface area (Å²) in [6, 6.07) is -0.616. The van der Waals surface area contributed by atoms with Gasteiger partial charge in [0, 0.05) is 50.2 Å². The Morgan fingerprint density at radius 3 is 2.00 bits per heavy atom. The summed E-state index contributed by atoms with van der Waals surface area (Å²) in [5.41, 5.74) is -0.748. The van der Waals surface area contributed by atoms with E-state index in [0.717, 1.165) is 96.6 Å². The monoisotopic (exact) mass is 802 g/mol. The second-order valence-electron chi connectivity index (χ2n) is 19.9. The minimum atomic E-state index is -3.57. The molecule has 2 heterocycles. The minimum Gasteiger partial charge on any atom is -0.347 e. The van der Waals surface area contributed by atoms with Crippen LogP contribution in [0.2, 0.25) is 0 Å². The molecule has 2 saturated heterocycles. The molecule has 0 aromatic carbocycles.